The van der Waals surface area contributed by atoms with Crippen LogP contribution in [0, 0.1) is 0 Å². The number of ether oxygens (including phenoxy) is 1. The molecular weight excluding hydrogens is 402 g/mol. The van der Waals surface area contributed by atoms with E-state index in [1.165, 1.54) is 48.5 Å². The fourth-order valence-corrected chi connectivity index (χ4v) is 4.71. The van der Waals surface area contributed by atoms with Gasteiger partial charge in [0.15, 0.2) is 10.8 Å². The fourth-order valence-electron chi connectivity index (χ4n) is 2.55. The minimum atomic E-state index is -3.96. The third-order valence-electron chi connectivity index (χ3n) is 4.10. The Labute approximate surface area is 166 Å². The van der Waals surface area contributed by atoms with Gasteiger partial charge in [0.05, 0.1) is 17.3 Å². The maximum Gasteiger partial charge on any atom is 0.354 e. The minimum Gasteiger partial charge on any atom is -0.464 e. The lowest BCUT2D eigenvalue weighted by molar-refractivity contribution is 0.0589. The lowest BCUT2D eigenvalue weighted by atomic mass is 9.95. The average Bonchev–Trinajstić information content (AvgIpc) is 3.23. The van der Waals surface area contributed by atoms with Crippen LogP contribution in [0.3, 0.4) is 0 Å². The molecule has 11 heteroatoms. The van der Waals surface area contributed by atoms with Crippen molar-refractivity contribution in [3.05, 3.63) is 35.1 Å². The number of anilines is 1. The molecule has 0 unspecified atom stereocenters. The molecule has 3 aromatic rings. The van der Waals surface area contributed by atoms with Gasteiger partial charge in [-0.15, -0.1) is 16.2 Å². The van der Waals surface area contributed by atoms with Gasteiger partial charge >= 0.3 is 5.97 Å². The standard InChI is InChI=1S/C17H21N5O4S2/c1-17(2,3)12-8-10-14(27-12)15(19-9-18-10)20-21-28(24,25)13-7-6-11(22(13)4)16(23)26-5/h6-9,21H,1-5H3,(H,18,19,20). The van der Waals surface area contributed by atoms with Crippen LogP contribution in [-0.2, 0) is 27.2 Å². The second-order valence-electron chi connectivity index (χ2n) is 7.14. The van der Waals surface area contributed by atoms with Gasteiger partial charge in [-0.3, -0.25) is 5.43 Å². The van der Waals surface area contributed by atoms with Crippen molar-refractivity contribution in [2.45, 2.75) is 31.2 Å². The SMILES string of the molecule is COC(=O)c1ccc(S(=O)(=O)NNc2ncnc3cc(C(C)(C)C)sc23)n1C. The average molecular weight is 424 g/mol. The van der Waals surface area contributed by atoms with Gasteiger partial charge in [-0.1, -0.05) is 20.8 Å². The van der Waals surface area contributed by atoms with Crippen molar-refractivity contribution in [3.63, 3.8) is 0 Å². The molecule has 0 aliphatic rings. The van der Waals surface area contributed by atoms with E-state index in [4.69, 9.17) is 0 Å². The number of hydrogen-bond donors (Lipinski definition) is 2. The largest absolute Gasteiger partial charge is 0.464 e. The van der Waals surface area contributed by atoms with Crippen LogP contribution in [0.4, 0.5) is 5.82 Å². The van der Waals surface area contributed by atoms with Crippen LogP contribution in [0.1, 0.15) is 36.1 Å². The van der Waals surface area contributed by atoms with E-state index in [1.54, 1.807) is 0 Å². The molecule has 3 aromatic heterocycles. The molecule has 9 nitrogen and oxygen atoms in total. The highest BCUT2D eigenvalue weighted by Crippen LogP contribution is 2.35. The summed E-state index contributed by atoms with van der Waals surface area (Å²) in [7, 11) is -1.26. The Morgan fingerprint density at radius 1 is 1.25 bits per heavy atom. The summed E-state index contributed by atoms with van der Waals surface area (Å²) in [5.41, 5.74) is 3.46. The van der Waals surface area contributed by atoms with E-state index in [1.807, 2.05) is 6.07 Å². The Morgan fingerprint density at radius 2 is 1.96 bits per heavy atom. The van der Waals surface area contributed by atoms with E-state index in [0.29, 0.717) is 5.82 Å². The molecule has 0 saturated heterocycles. The number of esters is 1. The normalized spacial score (nSPS) is 12.3. The molecule has 3 rings (SSSR count). The first-order valence-corrected chi connectivity index (χ1v) is 10.6. The summed E-state index contributed by atoms with van der Waals surface area (Å²) in [6, 6.07) is 4.69. The first-order valence-electron chi connectivity index (χ1n) is 8.31. The second kappa shape index (κ2) is 7.15. The fraction of sp³-hybridized carbons (Fsp3) is 0.353. The van der Waals surface area contributed by atoms with Crippen LogP contribution in [-0.4, -0.2) is 36.0 Å². The van der Waals surface area contributed by atoms with Crippen molar-refractivity contribution in [2.24, 2.45) is 7.05 Å². The predicted molar refractivity (Wildman–Crippen MR) is 107 cm³/mol. The smallest absolute Gasteiger partial charge is 0.354 e. The van der Waals surface area contributed by atoms with Gasteiger partial charge in [0, 0.05) is 11.9 Å². The molecule has 150 valence electrons. The minimum absolute atomic E-state index is 0.0601. The number of methoxy groups -OCH3 is 1. The number of hydrazine groups is 1. The Bertz CT molecular complexity index is 1140. The molecule has 0 amide bonds. The number of nitrogens with one attached hydrogen (secondary N) is 2. The molecular formula is C17H21N5O4S2. The van der Waals surface area contributed by atoms with Crippen LogP contribution < -0.4 is 10.3 Å². The molecule has 0 radical (unpaired) electrons. The highest BCUT2D eigenvalue weighted by Gasteiger charge is 2.23. The number of sulfonamides is 1. The number of thiophene rings is 1. The highest BCUT2D eigenvalue weighted by atomic mass is 32.2. The van der Waals surface area contributed by atoms with Crippen molar-refractivity contribution in [3.8, 4) is 0 Å². The Hall–Kier alpha value is -2.50. The number of rotatable bonds is 5. The van der Waals surface area contributed by atoms with E-state index >= 15 is 0 Å². The number of nitrogens with zero attached hydrogens (tertiary/aromatic N) is 3. The lowest BCUT2D eigenvalue weighted by Crippen LogP contribution is -2.31. The summed E-state index contributed by atoms with van der Waals surface area (Å²) in [6.07, 6.45) is 1.37. The molecule has 2 N–H and O–H groups in total. The Kier molecular flexibility index (Phi) is 5.17. The molecule has 0 aromatic carbocycles. The van der Waals surface area contributed by atoms with E-state index in [2.05, 4.69) is 45.7 Å². The highest BCUT2D eigenvalue weighted by molar-refractivity contribution is 7.89. The van der Waals surface area contributed by atoms with Crippen molar-refractivity contribution in [1.29, 1.82) is 0 Å². The van der Waals surface area contributed by atoms with Gasteiger partial charge in [-0.25, -0.2) is 23.2 Å². The lowest BCUT2D eigenvalue weighted by Gasteiger charge is -2.14. The molecule has 3 heterocycles. The molecule has 0 saturated carbocycles. The van der Waals surface area contributed by atoms with Crippen LogP contribution >= 0.6 is 11.3 Å². The zero-order chi connectivity index (χ0) is 20.7. The Morgan fingerprint density at radius 3 is 2.61 bits per heavy atom. The van der Waals surface area contributed by atoms with E-state index < -0.39 is 16.0 Å². The first kappa shape index (κ1) is 20.2. The molecule has 0 fully saturated rings. The number of carbonyl (C=O) groups excluding carboxylic acids is 1. The van der Waals surface area contributed by atoms with Crippen molar-refractivity contribution in [2.75, 3.05) is 12.5 Å². The summed E-state index contributed by atoms with van der Waals surface area (Å²) in [5, 5.41) is -0.0905. The van der Waals surface area contributed by atoms with E-state index in [9.17, 15) is 13.2 Å². The van der Waals surface area contributed by atoms with Gasteiger partial charge < -0.3 is 9.30 Å². The molecule has 0 aliphatic heterocycles. The summed E-state index contributed by atoms with van der Waals surface area (Å²) in [6.45, 7) is 6.28. The second-order valence-corrected chi connectivity index (χ2v) is 9.82. The van der Waals surface area contributed by atoms with Gasteiger partial charge in [0.25, 0.3) is 10.0 Å². The van der Waals surface area contributed by atoms with Gasteiger partial charge in [-0.05, 0) is 23.6 Å². The maximum absolute atomic E-state index is 12.7. The zero-order valence-corrected chi connectivity index (χ0v) is 17.7. The van der Waals surface area contributed by atoms with Crippen LogP contribution in [0.25, 0.3) is 10.2 Å². The van der Waals surface area contributed by atoms with Crippen LogP contribution in [0.2, 0.25) is 0 Å². The first-order chi connectivity index (χ1) is 13.0. The number of carbonyl (C=O) groups is 1. The van der Waals surface area contributed by atoms with Crippen molar-refractivity contribution >= 4 is 43.4 Å². The summed E-state index contributed by atoms with van der Waals surface area (Å²) < 4.78 is 32.0. The zero-order valence-electron chi connectivity index (χ0n) is 16.1. The number of hydrogen-bond acceptors (Lipinski definition) is 8. The van der Waals surface area contributed by atoms with Crippen molar-refractivity contribution in [1.82, 2.24) is 19.4 Å². The van der Waals surface area contributed by atoms with Gasteiger partial charge in [-0.2, -0.15) is 0 Å². The molecule has 28 heavy (non-hydrogen) atoms. The third-order valence-corrected chi connectivity index (χ3v) is 6.99. The van der Waals surface area contributed by atoms with Crippen LogP contribution in [0.15, 0.2) is 29.6 Å². The van der Waals surface area contributed by atoms with Gasteiger partial charge in [0.2, 0.25) is 0 Å². The summed E-state index contributed by atoms with van der Waals surface area (Å²) >= 11 is 1.50. The monoisotopic (exact) mass is 423 g/mol. The topological polar surface area (TPSA) is 115 Å². The van der Waals surface area contributed by atoms with Crippen molar-refractivity contribution < 1.29 is 17.9 Å². The number of fused-ring (bicyclic) bond motifs is 1. The molecule has 0 bridgehead atoms. The third kappa shape index (κ3) is 3.73. The molecule has 0 spiro atoms. The Balaban J connectivity index is 1.89. The van der Waals surface area contributed by atoms with E-state index in [0.717, 1.165) is 15.1 Å². The summed E-state index contributed by atoms with van der Waals surface area (Å²) in [4.78, 5) is 23.5. The maximum atomic E-state index is 12.7. The predicted octanol–water partition coefficient (Wildman–Crippen LogP) is 2.42. The van der Waals surface area contributed by atoms with E-state index in [-0.39, 0.29) is 16.1 Å². The van der Waals surface area contributed by atoms with Crippen LogP contribution in [0.5, 0.6) is 0 Å². The number of aromatic nitrogens is 3. The molecule has 0 atom stereocenters. The summed E-state index contributed by atoms with van der Waals surface area (Å²) in [5.74, 6) is -0.265. The quantitative estimate of drug-likeness (QED) is 0.478. The van der Waals surface area contributed by atoms with Gasteiger partial charge in [0.1, 0.15) is 12.0 Å². The molecule has 0 aliphatic carbocycles.